The van der Waals surface area contributed by atoms with E-state index in [1.54, 1.807) is 29.4 Å². The first kappa shape index (κ1) is 21.2. The number of rotatable bonds is 5. The van der Waals surface area contributed by atoms with Crippen molar-refractivity contribution in [2.75, 3.05) is 43.4 Å². The first-order chi connectivity index (χ1) is 15.2. The van der Waals surface area contributed by atoms with E-state index in [2.05, 4.69) is 15.6 Å². The van der Waals surface area contributed by atoms with E-state index in [0.717, 1.165) is 18.2 Å². The zero-order chi connectivity index (χ0) is 21.5. The molecule has 1 saturated carbocycles. The van der Waals surface area contributed by atoms with Crippen LogP contribution >= 0.6 is 0 Å². The molecular weight excluding hydrogens is 390 g/mol. The molecule has 0 spiro atoms. The van der Waals surface area contributed by atoms with E-state index < -0.39 is 0 Å². The van der Waals surface area contributed by atoms with Crippen molar-refractivity contribution in [2.45, 2.75) is 32.1 Å². The van der Waals surface area contributed by atoms with Crippen LogP contribution in [0.4, 0.5) is 16.2 Å². The van der Waals surface area contributed by atoms with E-state index in [1.165, 1.54) is 32.1 Å². The molecule has 4 rings (SSSR count). The minimum Gasteiger partial charge on any atom is -0.385 e. The van der Waals surface area contributed by atoms with Crippen molar-refractivity contribution in [3.05, 3.63) is 54.4 Å². The van der Waals surface area contributed by atoms with E-state index in [9.17, 15) is 9.59 Å². The lowest BCUT2D eigenvalue weighted by Crippen LogP contribution is -2.51. The lowest BCUT2D eigenvalue weighted by atomic mass is 9.89. The van der Waals surface area contributed by atoms with E-state index in [1.807, 2.05) is 29.2 Å². The molecule has 2 aliphatic rings. The Kier molecular flexibility index (Phi) is 7.02. The van der Waals surface area contributed by atoms with Crippen molar-refractivity contribution >= 4 is 23.3 Å². The number of nitrogens with zero attached hydrogens (tertiary/aromatic N) is 3. The van der Waals surface area contributed by atoms with Crippen LogP contribution in [0.15, 0.2) is 48.8 Å². The molecule has 0 atom stereocenters. The van der Waals surface area contributed by atoms with Crippen LogP contribution in [0.3, 0.4) is 0 Å². The van der Waals surface area contributed by atoms with Crippen LogP contribution in [0.5, 0.6) is 0 Å². The van der Waals surface area contributed by atoms with Crippen molar-refractivity contribution in [1.29, 1.82) is 0 Å². The quantitative estimate of drug-likeness (QED) is 0.763. The summed E-state index contributed by atoms with van der Waals surface area (Å²) < 4.78 is 0. The highest BCUT2D eigenvalue weighted by atomic mass is 16.2. The van der Waals surface area contributed by atoms with Crippen molar-refractivity contribution in [1.82, 2.24) is 14.8 Å². The molecule has 1 aromatic carbocycles. The fourth-order valence-electron chi connectivity index (χ4n) is 4.35. The van der Waals surface area contributed by atoms with Gasteiger partial charge in [-0.25, -0.2) is 4.79 Å². The minimum absolute atomic E-state index is 0.0219. The largest absolute Gasteiger partial charge is 0.385 e. The Morgan fingerprint density at radius 3 is 2.42 bits per heavy atom. The van der Waals surface area contributed by atoms with Gasteiger partial charge in [0.05, 0.1) is 11.9 Å². The molecule has 7 nitrogen and oxygen atoms in total. The highest BCUT2D eigenvalue weighted by Crippen LogP contribution is 2.24. The number of hydrogen-bond donors (Lipinski definition) is 2. The molecule has 0 radical (unpaired) electrons. The van der Waals surface area contributed by atoms with E-state index in [-0.39, 0.29) is 11.9 Å². The van der Waals surface area contributed by atoms with Crippen molar-refractivity contribution in [3.63, 3.8) is 0 Å². The van der Waals surface area contributed by atoms with Gasteiger partial charge in [0, 0.05) is 50.2 Å². The van der Waals surface area contributed by atoms with Crippen molar-refractivity contribution in [3.8, 4) is 0 Å². The summed E-state index contributed by atoms with van der Waals surface area (Å²) >= 11 is 0. The van der Waals surface area contributed by atoms with Gasteiger partial charge in [0.2, 0.25) is 0 Å². The van der Waals surface area contributed by atoms with Crippen LogP contribution in [-0.4, -0.2) is 59.4 Å². The Balaban J connectivity index is 1.27. The van der Waals surface area contributed by atoms with Crippen LogP contribution in [0.1, 0.15) is 42.5 Å². The molecule has 1 aliphatic heterocycles. The number of aromatic nitrogens is 1. The molecule has 1 aromatic heterocycles. The van der Waals surface area contributed by atoms with Gasteiger partial charge in [-0.1, -0.05) is 25.3 Å². The second kappa shape index (κ2) is 10.3. The van der Waals surface area contributed by atoms with E-state index in [4.69, 9.17) is 0 Å². The molecule has 7 heteroatoms. The molecule has 2 fully saturated rings. The fourth-order valence-corrected chi connectivity index (χ4v) is 4.35. The lowest BCUT2D eigenvalue weighted by Gasteiger charge is -2.34. The van der Waals surface area contributed by atoms with Gasteiger partial charge in [0.15, 0.2) is 0 Å². The molecule has 2 aromatic rings. The van der Waals surface area contributed by atoms with Gasteiger partial charge in [0.1, 0.15) is 0 Å². The highest BCUT2D eigenvalue weighted by molar-refractivity contribution is 5.95. The first-order valence-corrected chi connectivity index (χ1v) is 11.3. The summed E-state index contributed by atoms with van der Waals surface area (Å²) in [4.78, 5) is 33.0. The summed E-state index contributed by atoms with van der Waals surface area (Å²) in [6.07, 6.45) is 9.90. The summed E-state index contributed by atoms with van der Waals surface area (Å²) in [5.74, 6) is 0.757. The maximum atomic E-state index is 13.0. The smallest absolute Gasteiger partial charge is 0.322 e. The van der Waals surface area contributed by atoms with Gasteiger partial charge in [-0.15, -0.1) is 0 Å². The summed E-state index contributed by atoms with van der Waals surface area (Å²) in [7, 11) is 0. The van der Waals surface area contributed by atoms with Crippen LogP contribution in [0, 0.1) is 5.92 Å². The standard InChI is InChI=1S/C24H31N5O2/c30-23(20-8-4-9-21(16-20)26-17-19-6-2-1-3-7-19)28-12-14-29(15-13-28)24(31)27-22-10-5-11-25-18-22/h4-5,8-11,16,18-19,26H,1-3,6-7,12-15,17H2,(H,27,31). The zero-order valence-electron chi connectivity index (χ0n) is 17.9. The number of urea groups is 1. The predicted molar refractivity (Wildman–Crippen MR) is 122 cm³/mol. The average molecular weight is 422 g/mol. The number of benzene rings is 1. The lowest BCUT2D eigenvalue weighted by molar-refractivity contribution is 0.0672. The second-order valence-corrected chi connectivity index (χ2v) is 8.42. The maximum absolute atomic E-state index is 13.0. The van der Waals surface area contributed by atoms with Gasteiger partial charge in [-0.3, -0.25) is 9.78 Å². The molecule has 0 bridgehead atoms. The van der Waals surface area contributed by atoms with E-state index >= 15 is 0 Å². The number of carbonyl (C=O) groups excluding carboxylic acids is 2. The molecule has 2 heterocycles. The molecule has 3 amide bonds. The molecule has 1 saturated heterocycles. The molecular formula is C24H31N5O2. The second-order valence-electron chi connectivity index (χ2n) is 8.42. The predicted octanol–water partition coefficient (Wildman–Crippen LogP) is 4.06. The third-order valence-electron chi connectivity index (χ3n) is 6.20. The summed E-state index contributed by atoms with van der Waals surface area (Å²) in [6.45, 7) is 3.05. The van der Waals surface area contributed by atoms with Gasteiger partial charge in [-0.2, -0.15) is 0 Å². The highest BCUT2D eigenvalue weighted by Gasteiger charge is 2.25. The zero-order valence-corrected chi connectivity index (χ0v) is 17.9. The number of nitrogens with one attached hydrogen (secondary N) is 2. The number of amides is 3. The monoisotopic (exact) mass is 421 g/mol. The Hall–Kier alpha value is -3.09. The summed E-state index contributed by atoms with van der Waals surface area (Å²) in [5.41, 5.74) is 2.37. The third kappa shape index (κ3) is 5.75. The molecule has 1 aliphatic carbocycles. The average Bonchev–Trinajstić information content (AvgIpc) is 2.84. The normalized spacial score (nSPS) is 17.3. The van der Waals surface area contributed by atoms with Crippen molar-refractivity contribution < 1.29 is 9.59 Å². The summed E-state index contributed by atoms with van der Waals surface area (Å²) in [5, 5.41) is 6.37. The first-order valence-electron chi connectivity index (χ1n) is 11.3. The minimum atomic E-state index is -0.158. The molecule has 2 N–H and O–H groups in total. The van der Waals surface area contributed by atoms with Gasteiger partial charge < -0.3 is 20.4 Å². The van der Waals surface area contributed by atoms with Crippen LogP contribution < -0.4 is 10.6 Å². The van der Waals surface area contributed by atoms with Gasteiger partial charge >= 0.3 is 6.03 Å². The Labute approximate surface area is 183 Å². The topological polar surface area (TPSA) is 77.6 Å². The maximum Gasteiger partial charge on any atom is 0.322 e. The Morgan fingerprint density at radius 1 is 0.935 bits per heavy atom. The molecule has 0 unspecified atom stereocenters. The van der Waals surface area contributed by atoms with Gasteiger partial charge in [-0.05, 0) is 49.1 Å². The number of anilines is 2. The number of pyridine rings is 1. The molecule has 164 valence electrons. The SMILES string of the molecule is O=C(Nc1cccnc1)N1CCN(C(=O)c2cccc(NCC3CCCCC3)c2)CC1. The number of piperazine rings is 1. The Morgan fingerprint density at radius 2 is 1.68 bits per heavy atom. The van der Waals surface area contributed by atoms with Crippen molar-refractivity contribution in [2.24, 2.45) is 5.92 Å². The fraction of sp³-hybridized carbons (Fsp3) is 0.458. The van der Waals surface area contributed by atoms with E-state index in [0.29, 0.717) is 37.4 Å². The van der Waals surface area contributed by atoms with Crippen LogP contribution in [-0.2, 0) is 0 Å². The van der Waals surface area contributed by atoms with Gasteiger partial charge in [0.25, 0.3) is 5.91 Å². The van der Waals surface area contributed by atoms with Crippen LogP contribution in [0.25, 0.3) is 0 Å². The summed E-state index contributed by atoms with van der Waals surface area (Å²) in [6, 6.07) is 11.2. The number of hydrogen-bond acceptors (Lipinski definition) is 4. The van der Waals surface area contributed by atoms with Crippen LogP contribution in [0.2, 0.25) is 0 Å². The molecule has 31 heavy (non-hydrogen) atoms. The number of carbonyl (C=O) groups is 2. The third-order valence-corrected chi connectivity index (χ3v) is 6.20. The Bertz CT molecular complexity index is 875.